The van der Waals surface area contributed by atoms with Gasteiger partial charge in [0.1, 0.15) is 11.6 Å². The van der Waals surface area contributed by atoms with E-state index < -0.39 is 5.91 Å². The van der Waals surface area contributed by atoms with Crippen molar-refractivity contribution in [1.29, 1.82) is 0 Å². The molecule has 2 N–H and O–H groups in total. The molecule has 0 aliphatic carbocycles. The number of nitrogens with two attached hydrogens (primary N) is 1. The van der Waals surface area contributed by atoms with Crippen molar-refractivity contribution in [3.63, 3.8) is 0 Å². The van der Waals surface area contributed by atoms with Gasteiger partial charge in [-0.15, -0.1) is 0 Å². The van der Waals surface area contributed by atoms with Crippen molar-refractivity contribution in [2.24, 2.45) is 5.73 Å². The molecule has 6 heteroatoms. The van der Waals surface area contributed by atoms with E-state index in [0.29, 0.717) is 0 Å². The highest BCUT2D eigenvalue weighted by Crippen LogP contribution is 2.30. The number of piperazine rings is 1. The van der Waals surface area contributed by atoms with Gasteiger partial charge in [0.05, 0.1) is 0 Å². The lowest BCUT2D eigenvalue weighted by atomic mass is 9.90. The van der Waals surface area contributed by atoms with Gasteiger partial charge in [-0.1, -0.05) is 20.8 Å². The zero-order chi connectivity index (χ0) is 18.9. The predicted octanol–water partition coefficient (Wildman–Crippen LogP) is 3.14. The topological polar surface area (TPSA) is 62.7 Å². The predicted molar refractivity (Wildman–Crippen MR) is 99.8 cm³/mol. The maximum atomic E-state index is 13.1. The van der Waals surface area contributed by atoms with Crippen LogP contribution in [-0.4, -0.2) is 37.0 Å². The number of hydrogen-bond acceptors (Lipinski definition) is 4. The highest BCUT2D eigenvalue weighted by Gasteiger charge is 2.27. The summed E-state index contributed by atoms with van der Waals surface area (Å²) >= 11 is 0. The monoisotopic (exact) mass is 359 g/mol. The molecule has 1 fully saturated rings. The molecule has 0 unspecified atom stereocenters. The molecule has 140 valence electrons. The maximum absolute atomic E-state index is 13.1. The van der Waals surface area contributed by atoms with E-state index >= 15 is 0 Å². The average Bonchev–Trinajstić information content (AvgIpc) is 3.01. The van der Waals surface area contributed by atoms with Crippen LogP contribution >= 0.6 is 0 Å². The molecule has 5 nitrogen and oxygen atoms in total. The van der Waals surface area contributed by atoms with Crippen molar-refractivity contribution in [2.45, 2.75) is 32.7 Å². The van der Waals surface area contributed by atoms with Crippen LogP contribution in [0.3, 0.4) is 0 Å². The van der Waals surface area contributed by atoms with Gasteiger partial charge in [0.2, 0.25) is 0 Å². The molecule has 0 bridgehead atoms. The Bertz CT molecular complexity index is 769. The van der Waals surface area contributed by atoms with E-state index in [1.54, 1.807) is 6.07 Å². The van der Waals surface area contributed by atoms with Gasteiger partial charge in [-0.2, -0.15) is 0 Å². The number of primary amides is 1. The van der Waals surface area contributed by atoms with Crippen molar-refractivity contribution in [3.05, 3.63) is 53.2 Å². The Morgan fingerprint density at radius 3 is 2.31 bits per heavy atom. The highest BCUT2D eigenvalue weighted by atomic mass is 19.1. The summed E-state index contributed by atoms with van der Waals surface area (Å²) in [6, 6.07) is 8.40. The molecular weight excluding hydrogens is 333 g/mol. The third kappa shape index (κ3) is 4.07. The lowest BCUT2D eigenvalue weighted by molar-refractivity contribution is 0.0970. The molecule has 1 aliphatic heterocycles. The minimum absolute atomic E-state index is 0.195. The fourth-order valence-electron chi connectivity index (χ4n) is 3.36. The number of benzene rings is 1. The number of carbonyl (C=O) groups is 1. The SMILES string of the molecule is CC(C)(C)c1oc(C(N)=O)cc1CN1CCN(c2ccc(F)cc2)CC1. The van der Waals surface area contributed by atoms with Crippen LogP contribution in [0.25, 0.3) is 0 Å². The number of rotatable bonds is 4. The molecule has 3 rings (SSSR count). The van der Waals surface area contributed by atoms with Gasteiger partial charge in [0.25, 0.3) is 5.91 Å². The summed E-state index contributed by atoms with van der Waals surface area (Å²) in [5.41, 5.74) is 7.25. The first-order valence-corrected chi connectivity index (χ1v) is 8.90. The normalized spacial score (nSPS) is 16.1. The van der Waals surface area contributed by atoms with Gasteiger partial charge in [-0.25, -0.2) is 4.39 Å². The van der Waals surface area contributed by atoms with Crippen LogP contribution in [0.1, 0.15) is 42.6 Å². The fourth-order valence-corrected chi connectivity index (χ4v) is 3.36. The quantitative estimate of drug-likeness (QED) is 0.911. The highest BCUT2D eigenvalue weighted by molar-refractivity contribution is 5.90. The molecule has 2 aromatic rings. The first-order chi connectivity index (χ1) is 12.2. The van der Waals surface area contributed by atoms with Gasteiger partial charge in [-0.3, -0.25) is 9.69 Å². The fraction of sp³-hybridized carbons (Fsp3) is 0.450. The lowest BCUT2D eigenvalue weighted by Gasteiger charge is -2.36. The Kier molecular flexibility index (Phi) is 5.05. The van der Waals surface area contributed by atoms with Crippen LogP contribution < -0.4 is 10.6 Å². The Morgan fingerprint density at radius 2 is 1.77 bits per heavy atom. The lowest BCUT2D eigenvalue weighted by Crippen LogP contribution is -2.46. The molecule has 1 aromatic carbocycles. The van der Waals surface area contributed by atoms with E-state index in [1.165, 1.54) is 12.1 Å². The van der Waals surface area contributed by atoms with Crippen molar-refractivity contribution in [3.8, 4) is 0 Å². The number of halogens is 1. The largest absolute Gasteiger partial charge is 0.455 e. The molecule has 26 heavy (non-hydrogen) atoms. The number of nitrogens with zero attached hydrogens (tertiary/aromatic N) is 2. The molecule has 0 atom stereocenters. The standard InChI is InChI=1S/C20H26FN3O2/c1-20(2,3)18-14(12-17(26-18)19(22)25)13-23-8-10-24(11-9-23)16-6-4-15(21)5-7-16/h4-7,12H,8-11,13H2,1-3H3,(H2,22,25). The smallest absolute Gasteiger partial charge is 0.284 e. The number of amides is 1. The Hall–Kier alpha value is -2.34. The molecule has 0 radical (unpaired) electrons. The molecule has 0 spiro atoms. The van der Waals surface area contributed by atoms with Crippen molar-refractivity contribution in [2.75, 3.05) is 31.1 Å². The molecular formula is C20H26FN3O2. The van der Waals surface area contributed by atoms with Crippen LogP contribution in [0, 0.1) is 5.82 Å². The van der Waals surface area contributed by atoms with E-state index in [4.69, 9.17) is 10.2 Å². The Balaban J connectivity index is 1.68. The maximum Gasteiger partial charge on any atom is 0.284 e. The first kappa shape index (κ1) is 18.5. The van der Waals surface area contributed by atoms with Gasteiger partial charge in [0, 0.05) is 49.4 Å². The van der Waals surface area contributed by atoms with E-state index in [-0.39, 0.29) is 17.0 Å². The van der Waals surface area contributed by atoms with Gasteiger partial charge < -0.3 is 15.1 Å². The average molecular weight is 359 g/mol. The van der Waals surface area contributed by atoms with E-state index in [0.717, 1.165) is 49.7 Å². The summed E-state index contributed by atoms with van der Waals surface area (Å²) in [4.78, 5) is 16.1. The number of hydrogen-bond donors (Lipinski definition) is 1. The molecule has 2 heterocycles. The summed E-state index contributed by atoms with van der Waals surface area (Å²) < 4.78 is 18.8. The zero-order valence-corrected chi connectivity index (χ0v) is 15.6. The Morgan fingerprint density at radius 1 is 1.15 bits per heavy atom. The molecule has 1 aromatic heterocycles. The zero-order valence-electron chi connectivity index (χ0n) is 15.6. The van der Waals surface area contributed by atoms with Gasteiger partial charge in [-0.05, 0) is 30.3 Å². The van der Waals surface area contributed by atoms with Gasteiger partial charge in [0.15, 0.2) is 5.76 Å². The third-order valence-corrected chi connectivity index (χ3v) is 4.69. The van der Waals surface area contributed by atoms with Crippen LogP contribution in [-0.2, 0) is 12.0 Å². The van der Waals surface area contributed by atoms with Crippen molar-refractivity contribution < 1.29 is 13.6 Å². The van der Waals surface area contributed by atoms with Crippen LogP contribution in [0.4, 0.5) is 10.1 Å². The summed E-state index contributed by atoms with van der Waals surface area (Å²) in [5, 5.41) is 0. The van der Waals surface area contributed by atoms with Gasteiger partial charge >= 0.3 is 0 Å². The van der Waals surface area contributed by atoms with Crippen molar-refractivity contribution in [1.82, 2.24) is 4.90 Å². The second-order valence-electron chi connectivity index (χ2n) is 7.82. The molecule has 0 saturated carbocycles. The van der Waals surface area contributed by atoms with E-state index in [1.807, 2.05) is 12.1 Å². The van der Waals surface area contributed by atoms with Crippen LogP contribution in [0.2, 0.25) is 0 Å². The van der Waals surface area contributed by atoms with E-state index in [2.05, 4.69) is 30.6 Å². The molecule has 1 aliphatic rings. The van der Waals surface area contributed by atoms with Crippen LogP contribution in [0.5, 0.6) is 0 Å². The second-order valence-corrected chi connectivity index (χ2v) is 7.82. The molecule has 1 saturated heterocycles. The van der Waals surface area contributed by atoms with E-state index in [9.17, 15) is 9.18 Å². The summed E-state index contributed by atoms with van der Waals surface area (Å²) in [6.07, 6.45) is 0. The van der Waals surface area contributed by atoms with Crippen LogP contribution in [0.15, 0.2) is 34.7 Å². The summed E-state index contributed by atoms with van der Waals surface area (Å²) in [7, 11) is 0. The third-order valence-electron chi connectivity index (χ3n) is 4.69. The molecule has 1 amide bonds. The summed E-state index contributed by atoms with van der Waals surface area (Å²) in [5.74, 6) is 0.275. The minimum atomic E-state index is -0.539. The number of carbonyl (C=O) groups excluding carboxylic acids is 1. The number of anilines is 1. The first-order valence-electron chi connectivity index (χ1n) is 8.90. The number of furan rings is 1. The summed E-state index contributed by atoms with van der Waals surface area (Å²) in [6.45, 7) is 10.4. The second kappa shape index (κ2) is 7.11. The van der Waals surface area contributed by atoms with Crippen molar-refractivity contribution >= 4 is 11.6 Å². The Labute approximate surface area is 153 Å². The minimum Gasteiger partial charge on any atom is -0.455 e.